The third-order valence-corrected chi connectivity index (χ3v) is 4.60. The molecule has 0 saturated heterocycles. The van der Waals surface area contributed by atoms with Crippen LogP contribution in [0.25, 0.3) is 10.2 Å². The summed E-state index contributed by atoms with van der Waals surface area (Å²) in [5.41, 5.74) is 2.84. The highest BCUT2D eigenvalue weighted by atomic mass is 32.1. The summed E-state index contributed by atoms with van der Waals surface area (Å²) >= 11 is 1.48. The number of carbonyl (C=O) groups excluding carboxylic acids is 2. The molecule has 1 N–H and O–H groups in total. The van der Waals surface area contributed by atoms with Gasteiger partial charge in [0.1, 0.15) is 0 Å². The highest BCUT2D eigenvalue weighted by Crippen LogP contribution is 2.39. The lowest BCUT2D eigenvalue weighted by atomic mass is 10.00. The maximum Gasteiger partial charge on any atom is 0.203 e. The van der Waals surface area contributed by atoms with Crippen LogP contribution in [0.15, 0.2) is 35.8 Å². The van der Waals surface area contributed by atoms with Crippen molar-refractivity contribution in [3.8, 4) is 17.2 Å². The fourth-order valence-corrected chi connectivity index (χ4v) is 3.17. The lowest BCUT2D eigenvalue weighted by Gasteiger charge is -2.12. The average Bonchev–Trinajstić information content (AvgIpc) is 3.08. The molecule has 0 bridgehead atoms. The highest BCUT2D eigenvalue weighted by Gasteiger charge is 2.21. The van der Waals surface area contributed by atoms with Crippen molar-refractivity contribution in [1.29, 1.82) is 0 Å². The van der Waals surface area contributed by atoms with Crippen molar-refractivity contribution in [3.63, 3.8) is 0 Å². The van der Waals surface area contributed by atoms with Crippen LogP contribution in [0.4, 0.5) is 0 Å². The second-order valence-electron chi connectivity index (χ2n) is 5.26. The molecule has 2 aromatic carbocycles. The molecule has 6 nitrogen and oxygen atoms in total. The lowest BCUT2D eigenvalue weighted by molar-refractivity contribution is 0.0892. The molecule has 0 spiro atoms. The van der Waals surface area contributed by atoms with Crippen LogP contribution < -0.4 is 9.47 Å². The fraction of sp³-hybridized carbons (Fsp3) is 0.167. The number of Topliss-reactive ketones (excluding diaryl/α,β-unsaturated/α-hetero) is 2. The van der Waals surface area contributed by atoms with Crippen molar-refractivity contribution >= 4 is 33.1 Å². The summed E-state index contributed by atoms with van der Waals surface area (Å²) < 4.78 is 11.1. The molecule has 3 aromatic rings. The van der Waals surface area contributed by atoms with Gasteiger partial charge in [0, 0.05) is 5.56 Å². The quantitative estimate of drug-likeness (QED) is 0.537. The van der Waals surface area contributed by atoms with Crippen molar-refractivity contribution in [1.82, 2.24) is 4.98 Å². The number of ether oxygens (including phenoxy) is 2. The minimum Gasteiger partial charge on any atom is -0.504 e. The van der Waals surface area contributed by atoms with Gasteiger partial charge < -0.3 is 14.6 Å². The molecule has 128 valence electrons. The van der Waals surface area contributed by atoms with E-state index in [-0.39, 0.29) is 29.3 Å². The standard InChI is InChI=1S/C18H15NO5S/c1-23-15-5-4-11(17(22)18(15)24-2)14(21)8-13(20)10-3-6-16-12(7-10)19-9-25-16/h3-7,9,22H,8H2,1-2H3. The minimum atomic E-state index is -0.498. The van der Waals surface area contributed by atoms with Gasteiger partial charge in [0.15, 0.2) is 23.1 Å². The molecule has 0 aliphatic rings. The van der Waals surface area contributed by atoms with Gasteiger partial charge in [0.2, 0.25) is 5.75 Å². The molecular formula is C18H15NO5S. The number of thiazole rings is 1. The van der Waals surface area contributed by atoms with Crippen molar-refractivity contribution < 1.29 is 24.2 Å². The third kappa shape index (κ3) is 3.18. The second-order valence-corrected chi connectivity index (χ2v) is 6.14. The van der Waals surface area contributed by atoms with Gasteiger partial charge in [-0.05, 0) is 30.3 Å². The Labute approximate surface area is 147 Å². The third-order valence-electron chi connectivity index (χ3n) is 3.79. The van der Waals surface area contributed by atoms with E-state index in [0.717, 1.165) is 10.2 Å². The number of benzene rings is 2. The number of hydrogen-bond donors (Lipinski definition) is 1. The number of aromatic hydroxyl groups is 1. The molecule has 1 aromatic heterocycles. The van der Waals surface area contributed by atoms with E-state index in [1.54, 1.807) is 23.7 Å². The Kier molecular flexibility index (Phi) is 4.67. The number of phenols is 1. The SMILES string of the molecule is COc1ccc(C(=O)CC(=O)c2ccc3scnc3c2)c(O)c1OC. The molecule has 25 heavy (non-hydrogen) atoms. The molecule has 0 unspecified atom stereocenters. The summed E-state index contributed by atoms with van der Waals surface area (Å²) in [5.74, 6) is -0.813. The summed E-state index contributed by atoms with van der Waals surface area (Å²) in [4.78, 5) is 29.0. The number of aromatic nitrogens is 1. The Morgan fingerprint density at radius 2 is 1.92 bits per heavy atom. The summed E-state index contributed by atoms with van der Waals surface area (Å²) in [7, 11) is 2.79. The van der Waals surface area contributed by atoms with Crippen molar-refractivity contribution in [2.45, 2.75) is 6.42 Å². The number of methoxy groups -OCH3 is 2. The Hall–Kier alpha value is -2.93. The summed E-state index contributed by atoms with van der Waals surface area (Å²) in [6.07, 6.45) is -0.362. The van der Waals surface area contributed by atoms with Gasteiger partial charge in [0.25, 0.3) is 0 Å². The first kappa shape index (κ1) is 16.9. The Balaban J connectivity index is 1.85. The number of hydrogen-bond acceptors (Lipinski definition) is 7. The van der Waals surface area contributed by atoms with Crippen LogP contribution in [0.1, 0.15) is 27.1 Å². The van der Waals surface area contributed by atoms with E-state index >= 15 is 0 Å². The predicted molar refractivity (Wildman–Crippen MR) is 94.1 cm³/mol. The van der Waals surface area contributed by atoms with Gasteiger partial charge in [-0.2, -0.15) is 0 Å². The first-order valence-corrected chi connectivity index (χ1v) is 8.26. The van der Waals surface area contributed by atoms with Crippen LogP contribution in [0.5, 0.6) is 17.2 Å². The smallest absolute Gasteiger partial charge is 0.203 e. The number of nitrogens with zero attached hydrogens (tertiary/aromatic N) is 1. The Bertz CT molecular complexity index is 963. The van der Waals surface area contributed by atoms with Crippen LogP contribution in [0.2, 0.25) is 0 Å². The molecule has 0 aliphatic heterocycles. The van der Waals surface area contributed by atoms with Crippen LogP contribution >= 0.6 is 11.3 Å². The molecular weight excluding hydrogens is 342 g/mol. The molecule has 0 aliphatic carbocycles. The molecule has 0 amide bonds. The number of ketones is 2. The predicted octanol–water partition coefficient (Wildman–Crippen LogP) is 3.47. The number of fused-ring (bicyclic) bond motifs is 1. The van der Waals surface area contributed by atoms with E-state index in [0.29, 0.717) is 11.3 Å². The first-order valence-electron chi connectivity index (χ1n) is 7.38. The molecule has 7 heteroatoms. The van der Waals surface area contributed by atoms with Crippen LogP contribution in [-0.4, -0.2) is 35.9 Å². The largest absolute Gasteiger partial charge is 0.504 e. The molecule has 0 saturated carbocycles. The maximum atomic E-state index is 12.4. The Morgan fingerprint density at radius 1 is 1.12 bits per heavy atom. The zero-order valence-corrected chi connectivity index (χ0v) is 14.4. The van der Waals surface area contributed by atoms with Crippen molar-refractivity contribution in [2.24, 2.45) is 0 Å². The normalized spacial score (nSPS) is 10.6. The molecule has 1 heterocycles. The average molecular weight is 357 g/mol. The topological polar surface area (TPSA) is 85.7 Å². The van der Waals surface area contributed by atoms with E-state index in [1.165, 1.54) is 37.7 Å². The van der Waals surface area contributed by atoms with E-state index in [9.17, 15) is 14.7 Å². The first-order chi connectivity index (χ1) is 12.0. The Morgan fingerprint density at radius 3 is 2.64 bits per heavy atom. The molecule has 0 atom stereocenters. The summed E-state index contributed by atoms with van der Waals surface area (Å²) in [6, 6.07) is 8.06. The van der Waals surface area contributed by atoms with Crippen molar-refractivity contribution in [2.75, 3.05) is 14.2 Å². The second kappa shape index (κ2) is 6.90. The number of rotatable bonds is 6. The van der Waals surface area contributed by atoms with E-state index in [1.807, 2.05) is 0 Å². The van der Waals surface area contributed by atoms with E-state index in [2.05, 4.69) is 4.98 Å². The van der Waals surface area contributed by atoms with Gasteiger partial charge in [0.05, 0.1) is 41.9 Å². The molecule has 3 rings (SSSR count). The monoisotopic (exact) mass is 357 g/mol. The van der Waals surface area contributed by atoms with Gasteiger partial charge in [-0.1, -0.05) is 0 Å². The van der Waals surface area contributed by atoms with Crippen LogP contribution in [-0.2, 0) is 0 Å². The van der Waals surface area contributed by atoms with Gasteiger partial charge in [-0.3, -0.25) is 9.59 Å². The van der Waals surface area contributed by atoms with Gasteiger partial charge in [-0.15, -0.1) is 11.3 Å². The number of carbonyl (C=O) groups is 2. The van der Waals surface area contributed by atoms with E-state index < -0.39 is 5.78 Å². The highest BCUT2D eigenvalue weighted by molar-refractivity contribution is 7.16. The van der Waals surface area contributed by atoms with Crippen LogP contribution in [0, 0.1) is 0 Å². The molecule has 0 radical (unpaired) electrons. The van der Waals surface area contributed by atoms with Crippen molar-refractivity contribution in [3.05, 3.63) is 47.0 Å². The zero-order valence-electron chi connectivity index (χ0n) is 13.6. The van der Waals surface area contributed by atoms with Gasteiger partial charge in [-0.25, -0.2) is 4.98 Å². The zero-order chi connectivity index (χ0) is 18.0. The number of phenolic OH excluding ortho intramolecular Hbond substituents is 1. The fourth-order valence-electron chi connectivity index (χ4n) is 2.51. The summed E-state index contributed by atoms with van der Waals surface area (Å²) in [6.45, 7) is 0. The van der Waals surface area contributed by atoms with Gasteiger partial charge >= 0.3 is 0 Å². The minimum absolute atomic E-state index is 0.0146. The maximum absolute atomic E-state index is 12.4. The molecule has 0 fully saturated rings. The van der Waals surface area contributed by atoms with E-state index in [4.69, 9.17) is 9.47 Å². The van der Waals surface area contributed by atoms with Crippen LogP contribution in [0.3, 0.4) is 0 Å². The lowest BCUT2D eigenvalue weighted by Crippen LogP contribution is -2.09. The summed E-state index contributed by atoms with van der Waals surface area (Å²) in [5, 5.41) is 10.2.